The number of hydrogen-bond acceptors (Lipinski definition) is 3. The van der Waals surface area contributed by atoms with Crippen LogP contribution >= 0.6 is 0 Å². The van der Waals surface area contributed by atoms with E-state index in [1.54, 1.807) is 0 Å². The number of nitrogens with zero attached hydrogens (tertiary/aromatic N) is 1. The molecule has 0 aromatic heterocycles. The number of benzene rings is 4. The van der Waals surface area contributed by atoms with E-state index in [4.69, 9.17) is 5.73 Å². The number of aliphatic hydroxyl groups excluding tert-OH is 1. The number of rotatable bonds is 11. The highest BCUT2D eigenvalue weighted by Gasteiger charge is 2.31. The minimum atomic E-state index is -0.687. The van der Waals surface area contributed by atoms with Gasteiger partial charge >= 0.3 is 0 Å². The summed E-state index contributed by atoms with van der Waals surface area (Å²) in [4.78, 5) is 2.38. The lowest BCUT2D eigenvalue weighted by Crippen LogP contribution is -2.52. The van der Waals surface area contributed by atoms with Gasteiger partial charge in [-0.2, -0.15) is 0 Å². The zero-order valence-corrected chi connectivity index (χ0v) is 19.6. The Labute approximate surface area is 203 Å². The number of aliphatic hydroxyl groups is 1. The van der Waals surface area contributed by atoms with Gasteiger partial charge in [0.15, 0.2) is 0 Å². The summed E-state index contributed by atoms with van der Waals surface area (Å²) < 4.78 is 0. The molecule has 34 heavy (non-hydrogen) atoms. The Bertz CT molecular complexity index is 1050. The maximum Gasteiger partial charge on any atom is 0.0852 e. The van der Waals surface area contributed by atoms with Crippen molar-refractivity contribution in [1.29, 1.82) is 0 Å². The van der Waals surface area contributed by atoms with E-state index in [1.807, 2.05) is 36.4 Å². The second kappa shape index (κ2) is 12.3. The summed E-state index contributed by atoms with van der Waals surface area (Å²) in [6, 6.07) is 41.0. The third-order valence-electron chi connectivity index (χ3n) is 6.36. The van der Waals surface area contributed by atoms with Gasteiger partial charge in [-0.15, -0.1) is 0 Å². The van der Waals surface area contributed by atoms with Crippen LogP contribution in [0.15, 0.2) is 121 Å². The normalized spacial score (nSPS) is 14.0. The van der Waals surface area contributed by atoms with Crippen molar-refractivity contribution >= 4 is 0 Å². The van der Waals surface area contributed by atoms with Crippen molar-refractivity contribution in [3.05, 3.63) is 144 Å². The first-order valence-electron chi connectivity index (χ1n) is 12.0. The second-order valence-corrected chi connectivity index (χ2v) is 8.98. The Morgan fingerprint density at radius 2 is 0.882 bits per heavy atom. The molecule has 0 saturated carbocycles. The summed E-state index contributed by atoms with van der Waals surface area (Å²) in [5, 5.41) is 11.7. The Kier molecular flexibility index (Phi) is 8.64. The molecule has 3 nitrogen and oxygen atoms in total. The molecule has 0 amide bonds. The molecule has 0 saturated heterocycles. The van der Waals surface area contributed by atoms with Gasteiger partial charge in [0.05, 0.1) is 6.10 Å². The van der Waals surface area contributed by atoms with Gasteiger partial charge in [-0.3, -0.25) is 4.90 Å². The third-order valence-corrected chi connectivity index (χ3v) is 6.36. The molecule has 4 aromatic carbocycles. The van der Waals surface area contributed by atoms with Crippen molar-refractivity contribution in [2.45, 2.75) is 44.1 Å². The molecule has 3 N–H and O–H groups in total. The van der Waals surface area contributed by atoms with Crippen LogP contribution in [-0.4, -0.2) is 28.2 Å². The predicted molar refractivity (Wildman–Crippen MR) is 140 cm³/mol. The van der Waals surface area contributed by atoms with E-state index in [1.165, 1.54) is 16.7 Å². The van der Waals surface area contributed by atoms with Gasteiger partial charge in [0.1, 0.15) is 0 Å². The summed E-state index contributed by atoms with van der Waals surface area (Å²) in [5.74, 6) is 0. The maximum atomic E-state index is 11.7. The van der Waals surface area contributed by atoms with Crippen LogP contribution < -0.4 is 5.73 Å². The molecule has 0 fully saturated rings. The van der Waals surface area contributed by atoms with Gasteiger partial charge in [0, 0.05) is 25.2 Å². The third kappa shape index (κ3) is 6.88. The molecular formula is C31H34N2O. The average molecular weight is 451 g/mol. The summed E-state index contributed by atoms with van der Waals surface area (Å²) in [5.41, 5.74) is 11.4. The van der Waals surface area contributed by atoms with E-state index in [0.29, 0.717) is 6.42 Å². The van der Waals surface area contributed by atoms with Crippen molar-refractivity contribution in [1.82, 2.24) is 4.90 Å². The SMILES string of the molecule is N[C@H](Cc1ccccc1)[C@@H](O)[C@H](Cc1ccccc1)N(Cc1ccccc1)Cc1ccccc1. The van der Waals surface area contributed by atoms with Crippen LogP contribution in [0.3, 0.4) is 0 Å². The van der Waals surface area contributed by atoms with Gasteiger partial charge in [-0.1, -0.05) is 121 Å². The molecule has 174 valence electrons. The Hall–Kier alpha value is -3.24. The van der Waals surface area contributed by atoms with E-state index in [2.05, 4.69) is 89.8 Å². The van der Waals surface area contributed by atoms with Crippen LogP contribution in [0.2, 0.25) is 0 Å². The molecule has 0 spiro atoms. The van der Waals surface area contributed by atoms with Crippen molar-refractivity contribution < 1.29 is 5.11 Å². The summed E-state index contributed by atoms with van der Waals surface area (Å²) in [6.07, 6.45) is 0.676. The zero-order valence-electron chi connectivity index (χ0n) is 19.6. The summed E-state index contributed by atoms with van der Waals surface area (Å²) >= 11 is 0. The van der Waals surface area contributed by atoms with Gasteiger partial charge in [0.25, 0.3) is 0 Å². The highest BCUT2D eigenvalue weighted by atomic mass is 16.3. The van der Waals surface area contributed by atoms with E-state index in [9.17, 15) is 5.11 Å². The first-order valence-corrected chi connectivity index (χ1v) is 12.0. The average Bonchev–Trinajstić information content (AvgIpc) is 2.89. The highest BCUT2D eigenvalue weighted by molar-refractivity contribution is 5.21. The van der Waals surface area contributed by atoms with Crippen LogP contribution in [0, 0.1) is 0 Å². The Morgan fingerprint density at radius 3 is 1.29 bits per heavy atom. The van der Waals surface area contributed by atoms with Crippen LogP contribution in [0.4, 0.5) is 0 Å². The highest BCUT2D eigenvalue weighted by Crippen LogP contribution is 2.22. The monoisotopic (exact) mass is 450 g/mol. The van der Waals surface area contributed by atoms with Crippen LogP contribution in [0.5, 0.6) is 0 Å². The topological polar surface area (TPSA) is 49.5 Å². The fourth-order valence-corrected chi connectivity index (χ4v) is 4.54. The molecule has 0 heterocycles. The van der Waals surface area contributed by atoms with Crippen LogP contribution in [0.25, 0.3) is 0 Å². The zero-order chi connectivity index (χ0) is 23.6. The maximum absolute atomic E-state index is 11.7. The molecule has 3 atom stereocenters. The van der Waals surface area contributed by atoms with Gasteiger partial charge in [-0.05, 0) is 35.1 Å². The fourth-order valence-electron chi connectivity index (χ4n) is 4.54. The van der Waals surface area contributed by atoms with Crippen molar-refractivity contribution in [3.63, 3.8) is 0 Å². The lowest BCUT2D eigenvalue weighted by atomic mass is 9.91. The molecule has 0 aliphatic rings. The number of hydrogen-bond donors (Lipinski definition) is 2. The van der Waals surface area contributed by atoms with Crippen molar-refractivity contribution in [3.8, 4) is 0 Å². The molecule has 4 rings (SSSR count). The molecular weight excluding hydrogens is 416 g/mol. The molecule has 4 aromatic rings. The molecule has 0 aliphatic carbocycles. The predicted octanol–water partition coefficient (Wildman–Crippen LogP) is 5.23. The van der Waals surface area contributed by atoms with Crippen LogP contribution in [0.1, 0.15) is 22.3 Å². The molecule has 3 heteroatoms. The quantitative estimate of drug-likeness (QED) is 0.329. The molecule has 0 radical (unpaired) electrons. The first kappa shape index (κ1) is 23.9. The lowest BCUT2D eigenvalue weighted by Gasteiger charge is -2.37. The molecule has 0 unspecified atom stereocenters. The minimum Gasteiger partial charge on any atom is -0.390 e. The Morgan fingerprint density at radius 1 is 0.529 bits per heavy atom. The van der Waals surface area contributed by atoms with Crippen molar-refractivity contribution in [2.24, 2.45) is 5.73 Å². The Balaban J connectivity index is 1.64. The van der Waals surface area contributed by atoms with E-state index >= 15 is 0 Å². The standard InChI is InChI=1S/C31H34N2O/c32-29(21-25-13-5-1-6-14-25)31(34)30(22-26-15-7-2-8-16-26)33(23-27-17-9-3-10-18-27)24-28-19-11-4-12-20-28/h1-20,29-31,34H,21-24,32H2/t29-,30+,31-/m1/s1. The largest absolute Gasteiger partial charge is 0.390 e. The van der Waals surface area contributed by atoms with Gasteiger partial charge < -0.3 is 10.8 Å². The van der Waals surface area contributed by atoms with Crippen LogP contribution in [-0.2, 0) is 25.9 Å². The van der Waals surface area contributed by atoms with E-state index in [-0.39, 0.29) is 12.1 Å². The van der Waals surface area contributed by atoms with E-state index < -0.39 is 6.10 Å². The summed E-state index contributed by atoms with van der Waals surface area (Å²) in [6.45, 7) is 1.48. The second-order valence-electron chi connectivity index (χ2n) is 8.98. The minimum absolute atomic E-state index is 0.137. The summed E-state index contributed by atoms with van der Waals surface area (Å²) in [7, 11) is 0. The van der Waals surface area contributed by atoms with Crippen molar-refractivity contribution in [2.75, 3.05) is 0 Å². The number of nitrogens with two attached hydrogens (primary N) is 1. The molecule has 0 aliphatic heterocycles. The first-order chi connectivity index (χ1) is 16.7. The molecule has 0 bridgehead atoms. The van der Waals surface area contributed by atoms with Gasteiger partial charge in [-0.25, -0.2) is 0 Å². The fraction of sp³-hybridized carbons (Fsp3) is 0.226. The van der Waals surface area contributed by atoms with Gasteiger partial charge in [0.2, 0.25) is 0 Å². The van der Waals surface area contributed by atoms with E-state index in [0.717, 1.165) is 25.1 Å². The smallest absolute Gasteiger partial charge is 0.0852 e. The lowest BCUT2D eigenvalue weighted by molar-refractivity contribution is 0.0234.